The molecule has 2 aliphatic rings. The van der Waals surface area contributed by atoms with Crippen LogP contribution in [0.2, 0.25) is 0 Å². The maximum Gasteiger partial charge on any atom is 0.225 e. The van der Waals surface area contributed by atoms with Crippen LogP contribution in [-0.2, 0) is 14.6 Å². The van der Waals surface area contributed by atoms with Gasteiger partial charge in [0.15, 0.2) is 0 Å². The van der Waals surface area contributed by atoms with Crippen molar-refractivity contribution < 1.29 is 13.2 Å². The summed E-state index contributed by atoms with van der Waals surface area (Å²) in [5.74, 6) is 0.743. The molecule has 2 fully saturated rings. The van der Waals surface area contributed by atoms with Crippen molar-refractivity contribution in [2.75, 3.05) is 24.6 Å². The molecule has 1 aromatic rings. The number of nitrogens with zero attached hydrogens (tertiary/aromatic N) is 2. The Morgan fingerprint density at radius 3 is 2.35 bits per heavy atom. The molecule has 3 rings (SSSR count). The minimum atomic E-state index is -2.90. The molecule has 0 N–H and O–H groups in total. The third-order valence-electron chi connectivity index (χ3n) is 4.27. The molecule has 0 radical (unpaired) electrons. The fourth-order valence-corrected chi connectivity index (χ4v) is 4.39. The van der Waals surface area contributed by atoms with Crippen LogP contribution in [0.25, 0.3) is 0 Å². The molecule has 108 valence electrons. The van der Waals surface area contributed by atoms with Crippen LogP contribution in [0.3, 0.4) is 0 Å². The van der Waals surface area contributed by atoms with Crippen LogP contribution < -0.4 is 0 Å². The molecule has 0 unspecified atom stereocenters. The summed E-state index contributed by atoms with van der Waals surface area (Å²) in [6.45, 7) is 1.48. The van der Waals surface area contributed by atoms with Crippen molar-refractivity contribution in [1.82, 2.24) is 9.88 Å². The molecule has 0 aliphatic carbocycles. The highest BCUT2D eigenvalue weighted by Gasteiger charge is 2.37. The van der Waals surface area contributed by atoms with Gasteiger partial charge in [-0.2, -0.15) is 0 Å². The number of hydrogen-bond donors (Lipinski definition) is 0. The number of aromatic nitrogens is 1. The maximum atomic E-state index is 12.3. The van der Waals surface area contributed by atoms with E-state index in [0.29, 0.717) is 18.8 Å². The van der Waals surface area contributed by atoms with E-state index >= 15 is 0 Å². The van der Waals surface area contributed by atoms with Gasteiger partial charge in [0.1, 0.15) is 9.84 Å². The standard InChI is InChI=1S/C14H18N2O3S/c17-14(12-3-7-20(18,19)8-4-12)16-9-13(10-16)11-1-5-15-6-2-11/h1-2,5-6,12-13H,3-4,7-10H2. The summed E-state index contributed by atoms with van der Waals surface area (Å²) >= 11 is 0. The van der Waals surface area contributed by atoms with Crippen molar-refractivity contribution in [3.63, 3.8) is 0 Å². The summed E-state index contributed by atoms with van der Waals surface area (Å²) < 4.78 is 22.8. The van der Waals surface area contributed by atoms with E-state index in [4.69, 9.17) is 0 Å². The molecule has 0 saturated carbocycles. The van der Waals surface area contributed by atoms with Crippen LogP contribution in [0, 0.1) is 5.92 Å². The fourth-order valence-electron chi connectivity index (χ4n) is 2.90. The van der Waals surface area contributed by atoms with E-state index in [1.165, 1.54) is 5.56 Å². The molecule has 0 atom stereocenters. The van der Waals surface area contributed by atoms with Crippen molar-refractivity contribution in [3.8, 4) is 0 Å². The van der Waals surface area contributed by atoms with Gasteiger partial charge in [-0.25, -0.2) is 8.42 Å². The monoisotopic (exact) mass is 294 g/mol. The zero-order valence-electron chi connectivity index (χ0n) is 11.2. The summed E-state index contributed by atoms with van der Waals surface area (Å²) in [5, 5.41) is 0. The number of carbonyl (C=O) groups is 1. The topological polar surface area (TPSA) is 67.3 Å². The van der Waals surface area contributed by atoms with Crippen molar-refractivity contribution in [2.45, 2.75) is 18.8 Å². The highest BCUT2D eigenvalue weighted by atomic mass is 32.2. The number of pyridine rings is 1. The number of amides is 1. The summed E-state index contributed by atoms with van der Waals surface area (Å²) in [6.07, 6.45) is 4.51. The molecule has 20 heavy (non-hydrogen) atoms. The number of carbonyl (C=O) groups excluding carboxylic acids is 1. The van der Waals surface area contributed by atoms with Gasteiger partial charge in [0.05, 0.1) is 11.5 Å². The van der Waals surface area contributed by atoms with Gasteiger partial charge in [-0.15, -0.1) is 0 Å². The zero-order valence-corrected chi connectivity index (χ0v) is 12.1. The van der Waals surface area contributed by atoms with E-state index in [-0.39, 0.29) is 23.3 Å². The lowest BCUT2D eigenvalue weighted by atomic mass is 9.90. The lowest BCUT2D eigenvalue weighted by Gasteiger charge is -2.41. The van der Waals surface area contributed by atoms with Gasteiger partial charge >= 0.3 is 0 Å². The molecular formula is C14H18N2O3S. The number of likely N-dealkylation sites (tertiary alicyclic amines) is 1. The van der Waals surface area contributed by atoms with Gasteiger partial charge in [0.25, 0.3) is 0 Å². The smallest absolute Gasteiger partial charge is 0.225 e. The molecule has 1 aromatic heterocycles. The molecule has 1 amide bonds. The van der Waals surface area contributed by atoms with Gasteiger partial charge in [0.2, 0.25) is 5.91 Å². The molecule has 3 heterocycles. The Morgan fingerprint density at radius 1 is 1.15 bits per heavy atom. The summed E-state index contributed by atoms with van der Waals surface area (Å²) in [5.41, 5.74) is 1.22. The van der Waals surface area contributed by atoms with Crippen molar-refractivity contribution >= 4 is 15.7 Å². The van der Waals surface area contributed by atoms with Crippen molar-refractivity contribution in [2.24, 2.45) is 5.92 Å². The van der Waals surface area contributed by atoms with E-state index in [1.807, 2.05) is 17.0 Å². The molecule has 0 aromatic carbocycles. The number of hydrogen-bond acceptors (Lipinski definition) is 4. The first kappa shape index (κ1) is 13.5. The first-order chi connectivity index (χ1) is 9.55. The van der Waals surface area contributed by atoms with Crippen molar-refractivity contribution in [1.29, 1.82) is 0 Å². The minimum absolute atomic E-state index is 0.100. The highest BCUT2D eigenvalue weighted by molar-refractivity contribution is 7.91. The van der Waals surface area contributed by atoms with E-state index in [9.17, 15) is 13.2 Å². The van der Waals surface area contributed by atoms with E-state index < -0.39 is 9.84 Å². The van der Waals surface area contributed by atoms with Crippen LogP contribution >= 0.6 is 0 Å². The quantitative estimate of drug-likeness (QED) is 0.810. The summed E-state index contributed by atoms with van der Waals surface area (Å²) in [6, 6.07) is 3.97. The lowest BCUT2D eigenvalue weighted by molar-refractivity contribution is -0.140. The molecule has 0 spiro atoms. The summed E-state index contributed by atoms with van der Waals surface area (Å²) in [4.78, 5) is 18.1. The second-order valence-electron chi connectivity index (χ2n) is 5.65. The largest absolute Gasteiger partial charge is 0.341 e. The predicted octanol–water partition coefficient (Wildman–Crippen LogP) is 0.832. The maximum absolute atomic E-state index is 12.3. The third-order valence-corrected chi connectivity index (χ3v) is 5.99. The Kier molecular flexibility index (Phi) is 3.50. The van der Waals surface area contributed by atoms with Crippen LogP contribution in [0.4, 0.5) is 0 Å². The summed E-state index contributed by atoms with van der Waals surface area (Å²) in [7, 11) is -2.90. The highest BCUT2D eigenvalue weighted by Crippen LogP contribution is 2.30. The van der Waals surface area contributed by atoms with Gasteiger partial charge in [-0.1, -0.05) is 0 Å². The van der Waals surface area contributed by atoms with Crippen molar-refractivity contribution in [3.05, 3.63) is 30.1 Å². The Morgan fingerprint density at radius 2 is 1.75 bits per heavy atom. The predicted molar refractivity (Wildman–Crippen MR) is 74.9 cm³/mol. The Labute approximate surface area is 118 Å². The average molecular weight is 294 g/mol. The molecular weight excluding hydrogens is 276 g/mol. The SMILES string of the molecule is O=C(C1CCS(=O)(=O)CC1)N1CC(c2ccncc2)C1. The van der Waals surface area contributed by atoms with Gasteiger partial charge < -0.3 is 4.90 Å². The molecule has 6 heteroatoms. The first-order valence-electron chi connectivity index (χ1n) is 6.94. The Balaban J connectivity index is 1.54. The minimum Gasteiger partial charge on any atom is -0.341 e. The number of sulfone groups is 1. The Bertz CT molecular complexity index is 580. The van der Waals surface area contributed by atoms with Crippen LogP contribution in [0.15, 0.2) is 24.5 Å². The zero-order chi connectivity index (χ0) is 14.2. The van der Waals surface area contributed by atoms with E-state index in [1.54, 1.807) is 12.4 Å². The first-order valence-corrected chi connectivity index (χ1v) is 8.76. The van der Waals surface area contributed by atoms with E-state index in [0.717, 1.165) is 13.1 Å². The molecule has 0 bridgehead atoms. The molecule has 2 aliphatic heterocycles. The van der Waals surface area contributed by atoms with Crippen LogP contribution in [0.1, 0.15) is 24.3 Å². The fraction of sp³-hybridized carbons (Fsp3) is 0.571. The van der Waals surface area contributed by atoms with Crippen LogP contribution in [-0.4, -0.2) is 48.8 Å². The van der Waals surface area contributed by atoms with Crippen LogP contribution in [0.5, 0.6) is 0 Å². The Hall–Kier alpha value is -1.43. The molecule has 5 nitrogen and oxygen atoms in total. The second-order valence-corrected chi connectivity index (χ2v) is 7.95. The van der Waals surface area contributed by atoms with Gasteiger partial charge in [-0.3, -0.25) is 9.78 Å². The third kappa shape index (κ3) is 2.70. The second kappa shape index (κ2) is 5.16. The average Bonchev–Trinajstić information content (AvgIpc) is 2.38. The normalized spacial score (nSPS) is 23.3. The number of rotatable bonds is 2. The van der Waals surface area contributed by atoms with Gasteiger partial charge in [0, 0.05) is 37.3 Å². The van der Waals surface area contributed by atoms with E-state index in [2.05, 4.69) is 4.98 Å². The van der Waals surface area contributed by atoms with Gasteiger partial charge in [-0.05, 0) is 30.5 Å². The lowest BCUT2D eigenvalue weighted by Crippen LogP contribution is -2.51. The molecule has 2 saturated heterocycles.